The van der Waals surface area contributed by atoms with Crippen molar-refractivity contribution in [2.45, 2.75) is 98.7 Å². The average molecular weight is 784 g/mol. The highest BCUT2D eigenvalue weighted by atomic mass is 16.3. The van der Waals surface area contributed by atoms with Crippen LogP contribution in [-0.2, 0) is 24.0 Å². The third-order valence-corrected chi connectivity index (χ3v) is 9.19. The molecule has 0 bridgehead atoms. The fourth-order valence-electron chi connectivity index (χ4n) is 5.34. The molecule has 0 aliphatic heterocycles. The fourth-order valence-corrected chi connectivity index (χ4v) is 5.34. The maximum atomic E-state index is 13.6. The van der Waals surface area contributed by atoms with Crippen molar-refractivity contribution in [3.63, 3.8) is 0 Å². The lowest BCUT2D eigenvalue weighted by atomic mass is 9.97. The molecular formula is C36H65N9O10. The van der Waals surface area contributed by atoms with E-state index in [0.29, 0.717) is 16.2 Å². The SMILES string of the molecule is CC(C)CCC(=O)N(C)C(=O)N(C)C(=O)N(C)[C@@H](C[C@H](C)CCO)C(=O)NC(=O)N(C)CC(=O)N(C)[C@@H](CC(C)C)C(=O)N[C@H](C(=O)N(C)C(N)=O)C(C)C. The second-order valence-electron chi connectivity index (χ2n) is 15.3. The van der Waals surface area contributed by atoms with Crippen molar-refractivity contribution in [1.82, 2.24) is 40.0 Å². The van der Waals surface area contributed by atoms with Crippen molar-refractivity contribution >= 4 is 53.7 Å². The van der Waals surface area contributed by atoms with Crippen molar-refractivity contribution in [2.75, 3.05) is 55.4 Å². The first-order valence-corrected chi connectivity index (χ1v) is 18.4. The number of hydrogen-bond donors (Lipinski definition) is 4. The molecule has 0 aromatic rings. The van der Waals surface area contributed by atoms with Crippen molar-refractivity contribution in [1.29, 1.82) is 0 Å². The van der Waals surface area contributed by atoms with E-state index in [1.807, 2.05) is 27.7 Å². The van der Waals surface area contributed by atoms with E-state index in [1.54, 1.807) is 20.8 Å². The number of imide groups is 4. The Morgan fingerprint density at radius 2 is 1.18 bits per heavy atom. The lowest BCUT2D eigenvalue weighted by Gasteiger charge is -2.33. The number of aliphatic hydroxyl groups excluding tert-OH is 1. The number of amides is 13. The number of urea groups is 4. The minimum atomic E-state index is -1.31. The maximum Gasteiger partial charge on any atom is 0.334 e. The van der Waals surface area contributed by atoms with Crippen LogP contribution in [-0.4, -0.2) is 162 Å². The van der Waals surface area contributed by atoms with Gasteiger partial charge in [0.25, 0.3) is 11.8 Å². The first kappa shape index (κ1) is 50.2. The van der Waals surface area contributed by atoms with Gasteiger partial charge in [-0.3, -0.25) is 39.1 Å². The predicted molar refractivity (Wildman–Crippen MR) is 204 cm³/mol. The Kier molecular flexibility index (Phi) is 21.2. The fraction of sp³-hybridized carbons (Fsp3) is 0.750. The topological polar surface area (TPSA) is 243 Å². The van der Waals surface area contributed by atoms with Crippen LogP contribution in [0.15, 0.2) is 0 Å². The van der Waals surface area contributed by atoms with Crippen LogP contribution in [0.1, 0.15) is 80.6 Å². The molecule has 55 heavy (non-hydrogen) atoms. The van der Waals surface area contributed by atoms with Gasteiger partial charge in [0.05, 0.1) is 0 Å². The second kappa shape index (κ2) is 23.2. The molecule has 0 aromatic carbocycles. The van der Waals surface area contributed by atoms with E-state index < -0.39 is 84.2 Å². The largest absolute Gasteiger partial charge is 0.396 e. The van der Waals surface area contributed by atoms with Gasteiger partial charge in [-0.05, 0) is 49.4 Å². The molecule has 314 valence electrons. The molecule has 13 amide bonds. The van der Waals surface area contributed by atoms with Gasteiger partial charge in [-0.2, -0.15) is 0 Å². The van der Waals surface area contributed by atoms with Gasteiger partial charge >= 0.3 is 24.1 Å². The van der Waals surface area contributed by atoms with Gasteiger partial charge in [-0.25, -0.2) is 24.1 Å². The molecule has 0 aliphatic carbocycles. The standard InChI is InChI=1S/C36H65N9O10/c1-21(2)14-15-27(47)43(11)36(55)45(13)35(54)42(10)26(19-24(7)16-17-46)31(50)39-34(53)40(8)20-28(48)41(9)25(18-22(3)4)30(49)38-29(23(5)6)32(51)44(12)33(37)52/h21-26,29,46H,14-20H2,1-13H3,(H2,37,52)(H,38,49)(H,39,50,53)/t24-,25+,26+,29+/m1/s1. The van der Waals surface area contributed by atoms with Crippen LogP contribution in [0, 0.1) is 23.7 Å². The van der Waals surface area contributed by atoms with Gasteiger partial charge in [0.2, 0.25) is 17.7 Å². The van der Waals surface area contributed by atoms with Crippen LogP contribution in [0.25, 0.3) is 0 Å². The molecule has 0 heterocycles. The lowest BCUT2D eigenvalue weighted by molar-refractivity contribution is -0.142. The third-order valence-electron chi connectivity index (χ3n) is 9.19. The molecule has 0 radical (unpaired) electrons. The summed E-state index contributed by atoms with van der Waals surface area (Å²) in [6.07, 6.45) is 1.06. The number of likely N-dealkylation sites (N-methyl/N-ethyl adjacent to an activating group) is 4. The van der Waals surface area contributed by atoms with E-state index in [1.165, 1.54) is 35.2 Å². The van der Waals surface area contributed by atoms with Crippen molar-refractivity contribution in [2.24, 2.45) is 29.4 Å². The van der Waals surface area contributed by atoms with E-state index >= 15 is 0 Å². The Morgan fingerprint density at radius 1 is 0.636 bits per heavy atom. The summed E-state index contributed by atoms with van der Waals surface area (Å²) in [4.78, 5) is 122. The number of nitrogens with zero attached hydrogens (tertiary/aromatic N) is 6. The minimum absolute atomic E-state index is 0.0143. The third kappa shape index (κ3) is 15.8. The summed E-state index contributed by atoms with van der Waals surface area (Å²) in [5, 5.41) is 14.3. The Bertz CT molecular complexity index is 1390. The molecule has 5 N–H and O–H groups in total. The number of nitrogens with one attached hydrogen (secondary N) is 2. The van der Waals surface area contributed by atoms with Crippen LogP contribution in [0.5, 0.6) is 0 Å². The van der Waals surface area contributed by atoms with Gasteiger partial charge in [0.15, 0.2) is 0 Å². The van der Waals surface area contributed by atoms with E-state index in [9.17, 15) is 48.3 Å². The summed E-state index contributed by atoms with van der Waals surface area (Å²) in [5.41, 5.74) is 5.24. The number of primary amides is 1. The zero-order valence-electron chi connectivity index (χ0n) is 34.9. The van der Waals surface area contributed by atoms with Crippen molar-refractivity contribution < 1.29 is 48.3 Å². The molecule has 0 aliphatic rings. The summed E-state index contributed by atoms with van der Waals surface area (Å²) < 4.78 is 0. The molecule has 0 saturated carbocycles. The number of rotatable bonds is 18. The van der Waals surface area contributed by atoms with E-state index in [0.717, 1.165) is 26.6 Å². The first-order chi connectivity index (χ1) is 25.3. The van der Waals surface area contributed by atoms with Gasteiger partial charge in [-0.15, -0.1) is 0 Å². The highest BCUT2D eigenvalue weighted by Gasteiger charge is 2.37. The van der Waals surface area contributed by atoms with Crippen LogP contribution >= 0.6 is 0 Å². The van der Waals surface area contributed by atoms with Crippen LogP contribution in [0.4, 0.5) is 19.2 Å². The molecule has 0 aromatic heterocycles. The van der Waals surface area contributed by atoms with Gasteiger partial charge < -0.3 is 30.9 Å². The number of aliphatic hydroxyl groups is 1. The normalized spacial score (nSPS) is 13.3. The molecular weight excluding hydrogens is 718 g/mol. The maximum absolute atomic E-state index is 13.6. The average Bonchev–Trinajstić information content (AvgIpc) is 3.10. The second-order valence-corrected chi connectivity index (χ2v) is 15.3. The Labute approximate surface area is 325 Å². The molecule has 0 rings (SSSR count). The van der Waals surface area contributed by atoms with Crippen LogP contribution in [0.3, 0.4) is 0 Å². The minimum Gasteiger partial charge on any atom is -0.396 e. The Balaban J connectivity index is 6.04. The number of nitrogens with two attached hydrogens (primary N) is 1. The van der Waals surface area contributed by atoms with Gasteiger partial charge in [-0.1, -0.05) is 48.5 Å². The molecule has 0 saturated heterocycles. The van der Waals surface area contributed by atoms with E-state index in [2.05, 4.69) is 10.6 Å². The Hall–Kier alpha value is -4.81. The first-order valence-electron chi connectivity index (χ1n) is 18.4. The van der Waals surface area contributed by atoms with Crippen molar-refractivity contribution in [3.05, 3.63) is 0 Å². The summed E-state index contributed by atoms with van der Waals surface area (Å²) in [5.74, 6) is -4.12. The molecule has 0 fully saturated rings. The summed E-state index contributed by atoms with van der Waals surface area (Å²) in [7, 11) is 7.47. The molecule has 19 heteroatoms. The van der Waals surface area contributed by atoms with Gasteiger partial charge in [0.1, 0.15) is 24.7 Å². The van der Waals surface area contributed by atoms with Crippen molar-refractivity contribution in [3.8, 4) is 0 Å². The molecule has 4 atom stereocenters. The molecule has 19 nitrogen and oxygen atoms in total. The number of carbonyl (C=O) groups excluding carboxylic acids is 9. The predicted octanol–water partition coefficient (Wildman–Crippen LogP) is 1.48. The lowest BCUT2D eigenvalue weighted by Crippen LogP contribution is -2.58. The van der Waals surface area contributed by atoms with Crippen LogP contribution in [0.2, 0.25) is 0 Å². The smallest absolute Gasteiger partial charge is 0.334 e. The number of hydrogen-bond acceptors (Lipinski definition) is 10. The van der Waals surface area contributed by atoms with Gasteiger partial charge in [0, 0.05) is 55.3 Å². The van der Waals surface area contributed by atoms with E-state index in [-0.39, 0.29) is 50.0 Å². The monoisotopic (exact) mass is 783 g/mol. The summed E-state index contributed by atoms with van der Waals surface area (Å²) in [6, 6.07) is -7.38. The summed E-state index contributed by atoms with van der Waals surface area (Å²) in [6.45, 7) is 11.8. The zero-order valence-corrected chi connectivity index (χ0v) is 34.9. The highest BCUT2D eigenvalue weighted by Crippen LogP contribution is 2.18. The number of carbonyl (C=O) groups is 9. The quantitative estimate of drug-likeness (QED) is 0.156. The van der Waals surface area contributed by atoms with Crippen LogP contribution < -0.4 is 16.4 Å². The summed E-state index contributed by atoms with van der Waals surface area (Å²) >= 11 is 0. The van der Waals surface area contributed by atoms with E-state index in [4.69, 9.17) is 5.73 Å². The molecule has 0 spiro atoms. The zero-order chi connectivity index (χ0) is 43.1. The highest BCUT2D eigenvalue weighted by molar-refractivity contribution is 6.04. The molecule has 0 unspecified atom stereocenters. The Morgan fingerprint density at radius 3 is 1.65 bits per heavy atom.